The van der Waals surface area contributed by atoms with Gasteiger partial charge in [0.25, 0.3) is 0 Å². The van der Waals surface area contributed by atoms with Crippen LogP contribution in [0.2, 0.25) is 10.0 Å². The summed E-state index contributed by atoms with van der Waals surface area (Å²) in [6, 6.07) is 12.6. The van der Waals surface area contributed by atoms with E-state index in [-0.39, 0.29) is 6.04 Å². The van der Waals surface area contributed by atoms with E-state index < -0.39 is 0 Å². The van der Waals surface area contributed by atoms with Crippen molar-refractivity contribution in [3.05, 3.63) is 63.6 Å². The number of ether oxygens (including phenoxy) is 1. The first-order valence-electron chi connectivity index (χ1n) is 6.05. The van der Waals surface area contributed by atoms with E-state index in [1.807, 2.05) is 31.2 Å². The third-order valence-electron chi connectivity index (χ3n) is 2.85. The highest BCUT2D eigenvalue weighted by molar-refractivity contribution is 6.33. The fraction of sp³-hybridized carbons (Fsp3) is 0.200. The lowest BCUT2D eigenvalue weighted by Gasteiger charge is -2.18. The lowest BCUT2D eigenvalue weighted by atomic mass is 9.98. The van der Waals surface area contributed by atoms with Gasteiger partial charge in [-0.15, -0.1) is 0 Å². The Morgan fingerprint density at radius 1 is 1.11 bits per heavy atom. The number of nitrogens with two attached hydrogens (primary N) is 1. The van der Waals surface area contributed by atoms with Crippen molar-refractivity contribution in [3.8, 4) is 5.75 Å². The Balaban J connectivity index is 2.43. The molecule has 0 spiro atoms. The first-order valence-corrected chi connectivity index (χ1v) is 6.81. The van der Waals surface area contributed by atoms with Gasteiger partial charge in [-0.25, -0.2) is 0 Å². The van der Waals surface area contributed by atoms with Gasteiger partial charge in [0, 0.05) is 15.6 Å². The summed E-state index contributed by atoms with van der Waals surface area (Å²) in [6.45, 7) is 2.53. The van der Waals surface area contributed by atoms with Crippen LogP contribution in [-0.2, 0) is 0 Å². The summed E-state index contributed by atoms with van der Waals surface area (Å²) in [4.78, 5) is 0. The predicted molar refractivity (Wildman–Crippen MR) is 80.1 cm³/mol. The van der Waals surface area contributed by atoms with Crippen molar-refractivity contribution in [1.29, 1.82) is 0 Å². The van der Waals surface area contributed by atoms with Crippen molar-refractivity contribution in [2.24, 2.45) is 5.73 Å². The molecule has 2 aromatic carbocycles. The van der Waals surface area contributed by atoms with Crippen molar-refractivity contribution in [2.75, 3.05) is 6.61 Å². The molecule has 4 heteroatoms. The summed E-state index contributed by atoms with van der Waals surface area (Å²) in [5, 5.41) is 1.21. The SMILES string of the molecule is CCOc1ccccc1C(N)c1cc(Cl)ccc1Cl. The van der Waals surface area contributed by atoms with Gasteiger partial charge in [0.05, 0.1) is 12.6 Å². The van der Waals surface area contributed by atoms with Gasteiger partial charge in [0.15, 0.2) is 0 Å². The molecule has 0 aromatic heterocycles. The summed E-state index contributed by atoms with van der Waals surface area (Å²) in [5.74, 6) is 0.772. The van der Waals surface area contributed by atoms with E-state index in [1.54, 1.807) is 18.2 Å². The van der Waals surface area contributed by atoms with E-state index >= 15 is 0 Å². The van der Waals surface area contributed by atoms with Crippen LogP contribution in [0.25, 0.3) is 0 Å². The normalized spacial score (nSPS) is 12.2. The molecule has 0 bridgehead atoms. The standard InChI is InChI=1S/C15H15Cl2NO/c1-2-19-14-6-4-3-5-11(14)15(18)12-9-10(16)7-8-13(12)17/h3-9,15H,2,18H2,1H3. The zero-order valence-electron chi connectivity index (χ0n) is 10.6. The van der Waals surface area contributed by atoms with Crippen LogP contribution < -0.4 is 10.5 Å². The van der Waals surface area contributed by atoms with Crippen molar-refractivity contribution in [3.63, 3.8) is 0 Å². The predicted octanol–water partition coefficient (Wildman–Crippen LogP) is 4.44. The highest BCUT2D eigenvalue weighted by Gasteiger charge is 2.16. The van der Waals surface area contributed by atoms with Crippen molar-refractivity contribution in [1.82, 2.24) is 0 Å². The van der Waals surface area contributed by atoms with Crippen LogP contribution in [0, 0.1) is 0 Å². The monoisotopic (exact) mass is 295 g/mol. The van der Waals surface area contributed by atoms with Gasteiger partial charge in [-0.1, -0.05) is 41.4 Å². The van der Waals surface area contributed by atoms with Crippen LogP contribution >= 0.6 is 23.2 Å². The minimum atomic E-state index is -0.367. The maximum absolute atomic E-state index is 6.29. The molecule has 2 N–H and O–H groups in total. The molecule has 2 nitrogen and oxygen atoms in total. The van der Waals surface area contributed by atoms with E-state index in [0.717, 1.165) is 16.9 Å². The summed E-state index contributed by atoms with van der Waals surface area (Å²) < 4.78 is 5.59. The maximum atomic E-state index is 6.29. The molecule has 0 saturated heterocycles. The second kappa shape index (κ2) is 6.29. The molecular weight excluding hydrogens is 281 g/mol. The molecule has 0 amide bonds. The number of para-hydroxylation sites is 1. The minimum absolute atomic E-state index is 0.367. The highest BCUT2D eigenvalue weighted by Crippen LogP contribution is 2.33. The number of hydrogen-bond acceptors (Lipinski definition) is 2. The molecule has 0 heterocycles. The smallest absolute Gasteiger partial charge is 0.124 e. The highest BCUT2D eigenvalue weighted by atomic mass is 35.5. The quantitative estimate of drug-likeness (QED) is 0.905. The summed E-state index contributed by atoms with van der Waals surface area (Å²) in [7, 11) is 0. The molecule has 0 aliphatic rings. The van der Waals surface area contributed by atoms with Crippen LogP contribution in [0.15, 0.2) is 42.5 Å². The first kappa shape index (κ1) is 14.2. The molecule has 0 saturated carbocycles. The molecule has 19 heavy (non-hydrogen) atoms. The van der Waals surface area contributed by atoms with Crippen LogP contribution in [0.1, 0.15) is 24.1 Å². The number of rotatable bonds is 4. The molecule has 2 aromatic rings. The fourth-order valence-corrected chi connectivity index (χ4v) is 2.36. The van der Waals surface area contributed by atoms with E-state index in [2.05, 4.69) is 0 Å². The Kier molecular flexibility index (Phi) is 4.70. The van der Waals surface area contributed by atoms with Gasteiger partial charge in [0.1, 0.15) is 5.75 Å². The summed E-state index contributed by atoms with van der Waals surface area (Å²) in [5.41, 5.74) is 7.98. The number of halogens is 2. The zero-order valence-corrected chi connectivity index (χ0v) is 12.1. The fourth-order valence-electron chi connectivity index (χ4n) is 1.94. The average molecular weight is 296 g/mol. The summed E-state index contributed by atoms with van der Waals surface area (Å²) >= 11 is 12.2. The van der Waals surface area contributed by atoms with Gasteiger partial charge in [-0.05, 0) is 36.8 Å². The molecule has 100 valence electrons. The Labute approximate surface area is 123 Å². The van der Waals surface area contributed by atoms with Gasteiger partial charge in [-0.3, -0.25) is 0 Å². The lowest BCUT2D eigenvalue weighted by Crippen LogP contribution is -2.14. The number of hydrogen-bond donors (Lipinski definition) is 1. The van der Waals surface area contributed by atoms with E-state index in [0.29, 0.717) is 16.7 Å². The van der Waals surface area contributed by atoms with Crippen molar-refractivity contribution < 1.29 is 4.74 Å². The first-order chi connectivity index (χ1) is 9.13. The van der Waals surface area contributed by atoms with Crippen molar-refractivity contribution in [2.45, 2.75) is 13.0 Å². The molecular formula is C15H15Cl2NO. The third kappa shape index (κ3) is 3.21. The molecule has 0 fully saturated rings. The molecule has 1 unspecified atom stereocenters. The van der Waals surface area contributed by atoms with Crippen LogP contribution in [0.3, 0.4) is 0 Å². The van der Waals surface area contributed by atoms with Crippen molar-refractivity contribution >= 4 is 23.2 Å². The Morgan fingerprint density at radius 2 is 1.84 bits per heavy atom. The largest absolute Gasteiger partial charge is 0.494 e. The van der Waals surface area contributed by atoms with Gasteiger partial charge in [0.2, 0.25) is 0 Å². The molecule has 0 aliphatic heterocycles. The van der Waals surface area contributed by atoms with E-state index in [1.165, 1.54) is 0 Å². The van der Waals surface area contributed by atoms with Crippen LogP contribution in [-0.4, -0.2) is 6.61 Å². The topological polar surface area (TPSA) is 35.2 Å². The Bertz CT molecular complexity index is 572. The molecule has 1 atom stereocenters. The summed E-state index contributed by atoms with van der Waals surface area (Å²) in [6.07, 6.45) is 0. The van der Waals surface area contributed by atoms with Gasteiger partial charge < -0.3 is 10.5 Å². The minimum Gasteiger partial charge on any atom is -0.494 e. The van der Waals surface area contributed by atoms with Crippen LogP contribution in [0.4, 0.5) is 0 Å². The Hall–Kier alpha value is -1.22. The third-order valence-corrected chi connectivity index (χ3v) is 3.43. The van der Waals surface area contributed by atoms with E-state index in [9.17, 15) is 0 Å². The number of benzene rings is 2. The van der Waals surface area contributed by atoms with E-state index in [4.69, 9.17) is 33.7 Å². The second-order valence-corrected chi connectivity index (χ2v) is 4.96. The average Bonchev–Trinajstić information content (AvgIpc) is 2.42. The molecule has 0 aliphatic carbocycles. The zero-order chi connectivity index (χ0) is 13.8. The van der Waals surface area contributed by atoms with Gasteiger partial charge in [-0.2, -0.15) is 0 Å². The Morgan fingerprint density at radius 3 is 2.58 bits per heavy atom. The second-order valence-electron chi connectivity index (χ2n) is 4.11. The molecule has 0 radical (unpaired) electrons. The lowest BCUT2D eigenvalue weighted by molar-refractivity contribution is 0.335. The molecule has 2 rings (SSSR count). The maximum Gasteiger partial charge on any atom is 0.124 e. The van der Waals surface area contributed by atoms with Crippen LogP contribution in [0.5, 0.6) is 5.75 Å². The van der Waals surface area contributed by atoms with Gasteiger partial charge >= 0.3 is 0 Å².